The summed E-state index contributed by atoms with van der Waals surface area (Å²) in [7, 11) is 0. The minimum Gasteiger partial charge on any atom is -0.485 e. The Bertz CT molecular complexity index is 1330. The number of aryl methyl sites for hydroxylation is 1. The van der Waals surface area contributed by atoms with Gasteiger partial charge in [-0.25, -0.2) is 4.39 Å². The first-order valence-electron chi connectivity index (χ1n) is 10.3. The Kier molecular flexibility index (Phi) is 5.63. The highest BCUT2D eigenvalue weighted by atomic mass is 32.2. The molecule has 0 N–H and O–H groups in total. The average molecular weight is 466 g/mol. The molecule has 3 heterocycles. The van der Waals surface area contributed by atoms with Crippen molar-refractivity contribution in [2.75, 3.05) is 12.4 Å². The van der Waals surface area contributed by atoms with Crippen molar-refractivity contribution < 1.29 is 23.1 Å². The quantitative estimate of drug-likeness (QED) is 0.289. The summed E-state index contributed by atoms with van der Waals surface area (Å²) in [5.74, 6) is 1.22. The van der Waals surface area contributed by atoms with Gasteiger partial charge in [-0.1, -0.05) is 36.0 Å². The first-order valence-corrected chi connectivity index (χ1v) is 11.3. The molecule has 0 bridgehead atoms. The predicted molar refractivity (Wildman–Crippen MR) is 120 cm³/mol. The van der Waals surface area contributed by atoms with E-state index in [9.17, 15) is 9.18 Å². The van der Waals surface area contributed by atoms with Gasteiger partial charge in [-0.05, 0) is 44.2 Å². The average Bonchev–Trinajstić information content (AvgIpc) is 3.42. The van der Waals surface area contributed by atoms with Crippen LogP contribution in [0, 0.1) is 19.7 Å². The van der Waals surface area contributed by atoms with Gasteiger partial charge in [0.1, 0.15) is 12.4 Å². The Labute approximate surface area is 193 Å². The van der Waals surface area contributed by atoms with Crippen LogP contribution >= 0.6 is 11.8 Å². The van der Waals surface area contributed by atoms with E-state index in [-0.39, 0.29) is 35.1 Å². The normalized spacial score (nSPS) is 14.9. The van der Waals surface area contributed by atoms with Crippen molar-refractivity contribution in [1.29, 1.82) is 0 Å². The number of aromatic nitrogens is 3. The minimum absolute atomic E-state index is 0.105. The van der Waals surface area contributed by atoms with Crippen LogP contribution in [0.5, 0.6) is 11.5 Å². The third kappa shape index (κ3) is 4.11. The lowest BCUT2D eigenvalue weighted by Crippen LogP contribution is -2.21. The Morgan fingerprint density at radius 2 is 1.88 bits per heavy atom. The highest BCUT2D eigenvalue weighted by Crippen LogP contribution is 2.36. The van der Waals surface area contributed by atoms with Crippen LogP contribution in [-0.2, 0) is 0 Å². The Morgan fingerprint density at radius 1 is 1.12 bits per heavy atom. The number of carbonyl (C=O) groups is 1. The lowest BCUT2D eigenvalue weighted by molar-refractivity contribution is 0.0686. The molecule has 0 amide bonds. The second-order valence-electron chi connectivity index (χ2n) is 7.55. The summed E-state index contributed by atoms with van der Waals surface area (Å²) in [6.45, 7) is 3.91. The molecule has 5 rings (SSSR count). The zero-order valence-corrected chi connectivity index (χ0v) is 18.8. The number of carbonyl (C=O) groups excluding carboxylic acids is 1. The van der Waals surface area contributed by atoms with Crippen LogP contribution < -0.4 is 9.47 Å². The van der Waals surface area contributed by atoms with Crippen LogP contribution in [0.15, 0.2) is 64.2 Å². The fourth-order valence-corrected chi connectivity index (χ4v) is 4.46. The molecule has 33 heavy (non-hydrogen) atoms. The molecular formula is C24H20FN3O4S. The maximum atomic E-state index is 14.3. The molecule has 1 unspecified atom stereocenters. The summed E-state index contributed by atoms with van der Waals surface area (Å²) in [6, 6.07) is 15.6. The molecule has 0 fully saturated rings. The van der Waals surface area contributed by atoms with Gasteiger partial charge >= 0.3 is 0 Å². The number of Topliss-reactive ketones (excluding diaryl/α,β-unsaturated/α-hetero) is 1. The lowest BCUT2D eigenvalue weighted by atomic mass is 10.2. The number of hydrogen-bond acceptors (Lipinski definition) is 7. The van der Waals surface area contributed by atoms with Crippen molar-refractivity contribution in [2.24, 2.45) is 0 Å². The molecule has 168 valence electrons. The number of rotatable bonds is 6. The van der Waals surface area contributed by atoms with E-state index in [2.05, 4.69) is 10.2 Å². The number of para-hydroxylation sites is 3. The van der Waals surface area contributed by atoms with Crippen LogP contribution in [0.1, 0.15) is 33.7 Å². The van der Waals surface area contributed by atoms with Crippen LogP contribution in [-0.4, -0.2) is 32.9 Å². The largest absolute Gasteiger partial charge is 0.485 e. The van der Waals surface area contributed by atoms with Crippen molar-refractivity contribution in [2.45, 2.75) is 25.2 Å². The van der Waals surface area contributed by atoms with E-state index in [0.717, 1.165) is 17.5 Å². The smallest absolute Gasteiger partial charge is 0.277 e. The number of ketones is 1. The van der Waals surface area contributed by atoms with Crippen LogP contribution in [0.2, 0.25) is 0 Å². The summed E-state index contributed by atoms with van der Waals surface area (Å²) < 4.78 is 33.3. The van der Waals surface area contributed by atoms with Gasteiger partial charge in [0.15, 0.2) is 17.3 Å². The van der Waals surface area contributed by atoms with Crippen molar-refractivity contribution in [1.82, 2.24) is 14.8 Å². The van der Waals surface area contributed by atoms with Crippen molar-refractivity contribution >= 4 is 17.5 Å². The second-order valence-corrected chi connectivity index (χ2v) is 8.48. The molecule has 0 radical (unpaired) electrons. The fourth-order valence-electron chi connectivity index (χ4n) is 3.80. The van der Waals surface area contributed by atoms with Crippen LogP contribution in [0.3, 0.4) is 0 Å². The van der Waals surface area contributed by atoms with E-state index < -0.39 is 6.10 Å². The first kappa shape index (κ1) is 21.3. The first-order chi connectivity index (χ1) is 16.0. The van der Waals surface area contributed by atoms with Gasteiger partial charge in [0.2, 0.25) is 6.10 Å². The molecule has 4 aromatic rings. The van der Waals surface area contributed by atoms with E-state index >= 15 is 0 Å². The number of hydrogen-bond donors (Lipinski definition) is 0. The van der Waals surface area contributed by atoms with E-state index in [1.807, 2.05) is 31.2 Å². The predicted octanol–water partition coefficient (Wildman–Crippen LogP) is 5.10. The molecule has 9 heteroatoms. The summed E-state index contributed by atoms with van der Waals surface area (Å²) in [4.78, 5) is 12.9. The van der Waals surface area contributed by atoms with Gasteiger partial charge in [-0.15, -0.1) is 10.2 Å². The van der Waals surface area contributed by atoms with Crippen LogP contribution in [0.25, 0.3) is 5.69 Å². The monoisotopic (exact) mass is 465 g/mol. The van der Waals surface area contributed by atoms with E-state index in [1.54, 1.807) is 35.8 Å². The minimum atomic E-state index is -0.517. The zero-order chi connectivity index (χ0) is 22.9. The van der Waals surface area contributed by atoms with Gasteiger partial charge in [0, 0.05) is 17.0 Å². The molecule has 0 saturated carbocycles. The molecule has 0 aliphatic carbocycles. The van der Waals surface area contributed by atoms with Gasteiger partial charge in [0.05, 0.1) is 11.4 Å². The Balaban J connectivity index is 1.27. The van der Waals surface area contributed by atoms with E-state index in [0.29, 0.717) is 28.4 Å². The van der Waals surface area contributed by atoms with Crippen molar-refractivity contribution in [3.05, 3.63) is 83.3 Å². The zero-order valence-electron chi connectivity index (χ0n) is 17.9. The number of halogens is 1. The standard InChI is InChI=1S/C24H20FN3O4S/c1-14-11-16(15(2)28(14)18-8-4-3-7-17(18)25)19(29)13-33-24-27-26-23(32-24)22-12-30-20-9-5-6-10-21(20)31-22/h3-11,22H,12-13H2,1-2H3. The highest BCUT2D eigenvalue weighted by molar-refractivity contribution is 7.99. The second kappa shape index (κ2) is 8.74. The van der Waals surface area contributed by atoms with Gasteiger partial charge in [-0.3, -0.25) is 4.79 Å². The lowest BCUT2D eigenvalue weighted by Gasteiger charge is -2.23. The number of benzene rings is 2. The molecule has 2 aromatic carbocycles. The Hall–Kier alpha value is -3.59. The molecule has 2 aromatic heterocycles. The van der Waals surface area contributed by atoms with Crippen molar-refractivity contribution in [3.8, 4) is 17.2 Å². The maximum absolute atomic E-state index is 14.3. The molecule has 1 atom stereocenters. The number of ether oxygens (including phenoxy) is 2. The Morgan fingerprint density at radius 3 is 2.70 bits per heavy atom. The molecule has 7 nitrogen and oxygen atoms in total. The topological polar surface area (TPSA) is 79.4 Å². The summed E-state index contributed by atoms with van der Waals surface area (Å²) in [6.07, 6.45) is -0.517. The van der Waals surface area contributed by atoms with Gasteiger partial charge < -0.3 is 18.5 Å². The molecular weight excluding hydrogens is 445 g/mol. The summed E-state index contributed by atoms with van der Waals surface area (Å²) in [5.41, 5.74) is 2.40. The highest BCUT2D eigenvalue weighted by Gasteiger charge is 2.27. The molecule has 1 aliphatic heterocycles. The molecule has 0 saturated heterocycles. The van der Waals surface area contributed by atoms with Crippen molar-refractivity contribution in [3.63, 3.8) is 0 Å². The molecule has 0 spiro atoms. The van der Waals surface area contributed by atoms with E-state index in [1.165, 1.54) is 6.07 Å². The number of nitrogens with zero attached hydrogens (tertiary/aromatic N) is 3. The van der Waals surface area contributed by atoms with Gasteiger partial charge in [-0.2, -0.15) is 0 Å². The number of thioether (sulfide) groups is 1. The SMILES string of the molecule is Cc1cc(C(=O)CSc2nnc(C3COc4ccccc4O3)o2)c(C)n1-c1ccccc1F. The number of fused-ring (bicyclic) bond motifs is 1. The maximum Gasteiger partial charge on any atom is 0.277 e. The van der Waals surface area contributed by atoms with Crippen LogP contribution in [0.4, 0.5) is 4.39 Å². The third-order valence-electron chi connectivity index (χ3n) is 5.36. The summed E-state index contributed by atoms with van der Waals surface area (Å²) in [5, 5.41) is 8.34. The molecule has 1 aliphatic rings. The third-order valence-corrected chi connectivity index (χ3v) is 6.18. The van der Waals surface area contributed by atoms with E-state index in [4.69, 9.17) is 13.9 Å². The fraction of sp³-hybridized carbons (Fsp3) is 0.208. The summed E-state index contributed by atoms with van der Waals surface area (Å²) >= 11 is 1.15. The van der Waals surface area contributed by atoms with Gasteiger partial charge in [0.25, 0.3) is 11.1 Å².